The predicted molar refractivity (Wildman–Crippen MR) is 78.3 cm³/mol. The van der Waals surface area contributed by atoms with E-state index in [2.05, 4.69) is 23.6 Å². The maximum Gasteiger partial charge on any atom is 0.151 e. The van der Waals surface area contributed by atoms with Gasteiger partial charge in [0.1, 0.15) is 5.82 Å². The molecule has 0 spiro atoms. The fourth-order valence-corrected chi connectivity index (χ4v) is 2.57. The predicted octanol–water partition coefficient (Wildman–Crippen LogP) is 1.96. The van der Waals surface area contributed by atoms with Gasteiger partial charge in [-0.05, 0) is 31.5 Å². The molecule has 3 nitrogen and oxygen atoms in total. The molecule has 0 radical (unpaired) electrons. The molecule has 4 heteroatoms. The van der Waals surface area contributed by atoms with Crippen LogP contribution < -0.4 is 0 Å². The van der Waals surface area contributed by atoms with Gasteiger partial charge in [-0.3, -0.25) is 14.6 Å². The van der Waals surface area contributed by atoms with E-state index in [1.54, 1.807) is 12.1 Å². The number of carbonyl (C=O) groups excluding carboxylic acids is 1. The Hall–Kier alpha value is -1.26. The van der Waals surface area contributed by atoms with Crippen LogP contribution in [0.4, 0.5) is 4.39 Å². The summed E-state index contributed by atoms with van der Waals surface area (Å²) >= 11 is 0. The molecule has 0 bridgehead atoms. The average Bonchev–Trinajstić information content (AvgIpc) is 2.42. The Kier molecular flexibility index (Phi) is 5.26. The van der Waals surface area contributed by atoms with Gasteiger partial charge in [0.2, 0.25) is 0 Å². The molecular weight excluding hydrogens is 255 g/mol. The molecule has 0 aliphatic carbocycles. The van der Waals surface area contributed by atoms with Crippen molar-refractivity contribution in [2.45, 2.75) is 26.3 Å². The molecule has 0 N–H and O–H groups in total. The molecule has 0 unspecified atom stereocenters. The summed E-state index contributed by atoms with van der Waals surface area (Å²) in [6.45, 7) is 8.87. The normalized spacial score (nSPS) is 17.6. The van der Waals surface area contributed by atoms with Gasteiger partial charge in [0.25, 0.3) is 0 Å². The first-order valence-corrected chi connectivity index (χ1v) is 7.27. The van der Waals surface area contributed by atoms with E-state index in [0.717, 1.165) is 31.7 Å². The molecule has 110 valence electrons. The Labute approximate surface area is 120 Å². The van der Waals surface area contributed by atoms with Gasteiger partial charge in [-0.1, -0.05) is 12.1 Å². The molecule has 1 aromatic carbocycles. The fraction of sp³-hybridized carbons (Fsp3) is 0.562. The van der Waals surface area contributed by atoms with E-state index >= 15 is 0 Å². The second-order valence-corrected chi connectivity index (χ2v) is 5.75. The van der Waals surface area contributed by atoms with E-state index in [4.69, 9.17) is 0 Å². The van der Waals surface area contributed by atoms with Crippen molar-refractivity contribution in [2.24, 2.45) is 0 Å². The number of nitrogens with zero attached hydrogens (tertiary/aromatic N) is 2. The fourth-order valence-electron chi connectivity index (χ4n) is 2.57. The molecule has 0 aromatic heterocycles. The van der Waals surface area contributed by atoms with E-state index in [-0.39, 0.29) is 11.6 Å². The highest BCUT2D eigenvalue weighted by atomic mass is 19.1. The number of ketones is 1. The highest BCUT2D eigenvalue weighted by Gasteiger charge is 2.20. The zero-order valence-corrected chi connectivity index (χ0v) is 12.3. The maximum absolute atomic E-state index is 12.8. The van der Waals surface area contributed by atoms with Crippen molar-refractivity contribution >= 4 is 5.78 Å². The third-order valence-corrected chi connectivity index (χ3v) is 3.85. The van der Waals surface area contributed by atoms with Gasteiger partial charge in [0, 0.05) is 38.6 Å². The SMILES string of the molecule is CC(C)N1CCN(CC(=O)Cc2ccc(F)cc2)CC1. The largest absolute Gasteiger partial charge is 0.298 e. The molecule has 1 aromatic rings. The van der Waals surface area contributed by atoms with Crippen LogP contribution in [0.1, 0.15) is 19.4 Å². The van der Waals surface area contributed by atoms with Crippen molar-refractivity contribution in [2.75, 3.05) is 32.7 Å². The number of Topliss-reactive ketones (excluding diaryl/α,β-unsaturated/α-hetero) is 1. The summed E-state index contributed by atoms with van der Waals surface area (Å²) in [6.07, 6.45) is 0.394. The number of piperazine rings is 1. The minimum Gasteiger partial charge on any atom is -0.298 e. The van der Waals surface area contributed by atoms with Crippen LogP contribution >= 0.6 is 0 Å². The third-order valence-electron chi connectivity index (χ3n) is 3.85. The molecule has 1 aliphatic rings. The van der Waals surface area contributed by atoms with Crippen LogP contribution in [0.3, 0.4) is 0 Å². The van der Waals surface area contributed by atoms with Crippen LogP contribution in [0.5, 0.6) is 0 Å². The van der Waals surface area contributed by atoms with Crippen molar-refractivity contribution in [3.63, 3.8) is 0 Å². The monoisotopic (exact) mass is 278 g/mol. The standard InChI is InChI=1S/C16H23FN2O/c1-13(2)19-9-7-18(8-10-19)12-16(20)11-14-3-5-15(17)6-4-14/h3-6,13H,7-12H2,1-2H3. The summed E-state index contributed by atoms with van der Waals surface area (Å²) < 4.78 is 12.8. The lowest BCUT2D eigenvalue weighted by atomic mass is 10.1. The Morgan fingerprint density at radius 2 is 1.75 bits per heavy atom. The smallest absolute Gasteiger partial charge is 0.151 e. The first-order chi connectivity index (χ1) is 9.54. The van der Waals surface area contributed by atoms with E-state index in [1.165, 1.54) is 12.1 Å². The van der Waals surface area contributed by atoms with Crippen LogP contribution in [0.2, 0.25) is 0 Å². The lowest BCUT2D eigenvalue weighted by molar-refractivity contribution is -0.120. The quantitative estimate of drug-likeness (QED) is 0.822. The molecule has 20 heavy (non-hydrogen) atoms. The second-order valence-electron chi connectivity index (χ2n) is 5.75. The lowest BCUT2D eigenvalue weighted by Gasteiger charge is -2.36. The molecule has 2 rings (SSSR count). The van der Waals surface area contributed by atoms with Crippen molar-refractivity contribution < 1.29 is 9.18 Å². The topological polar surface area (TPSA) is 23.6 Å². The molecule has 0 amide bonds. The van der Waals surface area contributed by atoms with E-state index in [9.17, 15) is 9.18 Å². The maximum atomic E-state index is 12.8. The average molecular weight is 278 g/mol. The van der Waals surface area contributed by atoms with Crippen LogP contribution in [-0.2, 0) is 11.2 Å². The van der Waals surface area contributed by atoms with Gasteiger partial charge in [-0.25, -0.2) is 4.39 Å². The van der Waals surface area contributed by atoms with Gasteiger partial charge in [0.15, 0.2) is 5.78 Å². The Morgan fingerprint density at radius 1 is 1.15 bits per heavy atom. The first-order valence-electron chi connectivity index (χ1n) is 7.27. The summed E-state index contributed by atoms with van der Waals surface area (Å²) in [5.74, 6) is -0.0550. The third kappa shape index (κ3) is 4.39. The first kappa shape index (κ1) is 15.1. The molecule has 1 fully saturated rings. The van der Waals surface area contributed by atoms with Crippen LogP contribution in [-0.4, -0.2) is 54.3 Å². The molecule has 1 aliphatic heterocycles. The minimum absolute atomic E-state index is 0.203. The Balaban J connectivity index is 1.77. The number of carbonyl (C=O) groups is 1. The van der Waals surface area contributed by atoms with E-state index in [0.29, 0.717) is 19.0 Å². The van der Waals surface area contributed by atoms with Gasteiger partial charge in [-0.2, -0.15) is 0 Å². The second kappa shape index (κ2) is 6.95. The van der Waals surface area contributed by atoms with Crippen molar-refractivity contribution in [1.29, 1.82) is 0 Å². The summed E-state index contributed by atoms with van der Waals surface area (Å²) in [7, 11) is 0. The molecule has 0 saturated carbocycles. The zero-order chi connectivity index (χ0) is 14.5. The van der Waals surface area contributed by atoms with Crippen molar-refractivity contribution in [3.05, 3.63) is 35.6 Å². The highest BCUT2D eigenvalue weighted by Crippen LogP contribution is 2.08. The van der Waals surface area contributed by atoms with Crippen LogP contribution in [0.15, 0.2) is 24.3 Å². The Morgan fingerprint density at radius 3 is 2.30 bits per heavy atom. The molecule has 1 saturated heterocycles. The molecular formula is C16H23FN2O. The van der Waals surface area contributed by atoms with Gasteiger partial charge < -0.3 is 0 Å². The van der Waals surface area contributed by atoms with Crippen molar-refractivity contribution in [3.8, 4) is 0 Å². The number of hydrogen-bond donors (Lipinski definition) is 0. The zero-order valence-electron chi connectivity index (χ0n) is 12.3. The summed E-state index contributed by atoms with van der Waals surface area (Å²) in [5, 5.41) is 0. The highest BCUT2D eigenvalue weighted by molar-refractivity contribution is 5.82. The summed E-state index contributed by atoms with van der Waals surface area (Å²) in [5.41, 5.74) is 0.886. The van der Waals surface area contributed by atoms with Gasteiger partial charge in [0.05, 0.1) is 6.54 Å². The van der Waals surface area contributed by atoms with E-state index in [1.807, 2.05) is 0 Å². The number of rotatable bonds is 5. The van der Waals surface area contributed by atoms with Crippen LogP contribution in [0.25, 0.3) is 0 Å². The number of hydrogen-bond acceptors (Lipinski definition) is 3. The summed E-state index contributed by atoms with van der Waals surface area (Å²) in [4.78, 5) is 16.7. The number of halogens is 1. The van der Waals surface area contributed by atoms with Gasteiger partial charge >= 0.3 is 0 Å². The lowest BCUT2D eigenvalue weighted by Crippen LogP contribution is -2.50. The number of benzene rings is 1. The summed E-state index contributed by atoms with van der Waals surface area (Å²) in [6, 6.07) is 6.76. The Bertz CT molecular complexity index is 436. The van der Waals surface area contributed by atoms with Crippen LogP contribution in [0, 0.1) is 5.82 Å². The van der Waals surface area contributed by atoms with Crippen molar-refractivity contribution in [1.82, 2.24) is 9.80 Å². The van der Waals surface area contributed by atoms with Gasteiger partial charge in [-0.15, -0.1) is 0 Å². The van der Waals surface area contributed by atoms with E-state index < -0.39 is 0 Å². The molecule has 0 atom stereocenters. The minimum atomic E-state index is -0.258. The molecule has 1 heterocycles.